The van der Waals surface area contributed by atoms with E-state index in [0.717, 1.165) is 5.75 Å². The molecule has 0 aromatic rings. The van der Waals surface area contributed by atoms with Crippen molar-refractivity contribution in [3.05, 3.63) is 0 Å². The van der Waals surface area contributed by atoms with Gasteiger partial charge in [-0.2, -0.15) is 11.5 Å². The van der Waals surface area contributed by atoms with Crippen molar-refractivity contribution in [2.45, 2.75) is 6.92 Å². The predicted molar refractivity (Wildman–Crippen MR) is 148 cm³/mol. The minimum Gasteiger partial charge on any atom is -0.793 e. The Kier molecular flexibility index (Phi) is 61.2. The summed E-state index contributed by atoms with van der Waals surface area (Å²) in [6.07, 6.45) is 0. The van der Waals surface area contributed by atoms with Crippen molar-refractivity contribution in [1.29, 1.82) is 0 Å². The second-order valence-corrected chi connectivity index (χ2v) is 7.59. The Balaban J connectivity index is -0.000000559. The second kappa shape index (κ2) is 50.7. The number of aliphatic hydroxyl groups is 1. The van der Waals surface area contributed by atoms with E-state index in [2.05, 4.69) is 17.4 Å². The number of rotatable bonds is 28. The Labute approximate surface area is 254 Å². The standard InChI is InChI=1S/C19H40O9S.C3H8O2.C2H6S.Zn/c1-20-2-3-21-4-5-22-6-7-23-8-9-24-10-11-25-12-13-26-14-15-27-16-17-28-18-19-29;1-5-3-2-4;1-2-3;/h29H,2-19H2,1H3;4H,2-3H2,1H3;3H,2H2,1H3;/q;;;+2/p-2. The van der Waals surface area contributed by atoms with Crippen LogP contribution in [-0.4, -0.2) is 156 Å². The fraction of sp³-hybridized carbons (Fsp3) is 1.00. The van der Waals surface area contributed by atoms with Crippen LogP contribution in [0.3, 0.4) is 0 Å². The molecule has 0 radical (unpaired) electrons. The summed E-state index contributed by atoms with van der Waals surface area (Å²) in [4.78, 5) is 0. The van der Waals surface area contributed by atoms with Crippen molar-refractivity contribution < 1.29 is 72.0 Å². The first-order valence-corrected chi connectivity index (χ1v) is 13.8. The summed E-state index contributed by atoms with van der Waals surface area (Å²) in [5.74, 6) is 1.45. The third-order valence-electron chi connectivity index (χ3n) is 3.56. The van der Waals surface area contributed by atoms with Gasteiger partial charge in [0.2, 0.25) is 0 Å². The van der Waals surface area contributed by atoms with Gasteiger partial charge < -0.3 is 77.7 Å². The predicted octanol–water partition coefficient (Wildman–Crippen LogP) is 0.488. The van der Waals surface area contributed by atoms with Gasteiger partial charge in [0.1, 0.15) is 0 Å². The van der Waals surface area contributed by atoms with Crippen molar-refractivity contribution in [3.8, 4) is 0 Å². The van der Waals surface area contributed by atoms with E-state index in [-0.39, 0.29) is 26.1 Å². The van der Waals surface area contributed by atoms with Crippen LogP contribution in [0, 0.1) is 0 Å². The van der Waals surface area contributed by atoms with Crippen molar-refractivity contribution in [1.82, 2.24) is 0 Å². The molecule has 0 atom stereocenters. The third kappa shape index (κ3) is 56.9. The van der Waals surface area contributed by atoms with Crippen LogP contribution in [-0.2, 0) is 92.1 Å². The quantitative estimate of drug-likeness (QED) is 0.0724. The van der Waals surface area contributed by atoms with Crippen LogP contribution >= 0.6 is 0 Å². The molecule has 0 aliphatic carbocycles. The topological polar surface area (TPSA) is 113 Å². The molecule has 14 heteroatoms. The smallest absolute Gasteiger partial charge is 0.793 e. The zero-order valence-electron chi connectivity index (χ0n) is 23.9. The molecule has 0 saturated carbocycles. The normalized spacial score (nSPS) is 10.3. The van der Waals surface area contributed by atoms with Gasteiger partial charge in [0.05, 0.1) is 119 Å². The van der Waals surface area contributed by atoms with Gasteiger partial charge >= 0.3 is 19.5 Å². The number of methoxy groups -OCH3 is 2. The fourth-order valence-electron chi connectivity index (χ4n) is 1.93. The second-order valence-electron chi connectivity index (χ2n) is 6.60. The molecular weight excluding hydrogens is 594 g/mol. The first-order chi connectivity index (χ1) is 18.2. The van der Waals surface area contributed by atoms with Crippen molar-refractivity contribution in [2.24, 2.45) is 0 Å². The minimum atomic E-state index is 0. The Morgan fingerprint density at radius 2 is 0.632 bits per heavy atom. The summed E-state index contributed by atoms with van der Waals surface area (Å²) >= 11 is 9.16. The summed E-state index contributed by atoms with van der Waals surface area (Å²) in [5, 5.41) is 7.94. The molecule has 0 aromatic carbocycles. The zero-order valence-corrected chi connectivity index (χ0v) is 28.5. The van der Waals surface area contributed by atoms with Gasteiger partial charge in [-0.3, -0.25) is 0 Å². The Morgan fingerprint density at radius 3 is 0.789 bits per heavy atom. The van der Waals surface area contributed by atoms with Crippen LogP contribution in [0.15, 0.2) is 0 Å². The molecule has 0 rings (SSSR count). The molecule has 0 spiro atoms. The molecule has 0 heterocycles. The first-order valence-electron chi connectivity index (χ1n) is 12.6. The van der Waals surface area contributed by atoms with Crippen molar-refractivity contribution in [2.75, 3.05) is 151 Å². The molecule has 0 unspecified atom stereocenters. The molecule has 0 bridgehead atoms. The van der Waals surface area contributed by atoms with E-state index in [4.69, 9.17) is 60.4 Å². The van der Waals surface area contributed by atoms with E-state index < -0.39 is 0 Å². The average molecular weight is 646 g/mol. The molecule has 228 valence electrons. The zero-order chi connectivity index (χ0) is 27.9. The first kappa shape index (κ1) is 45.9. The maximum absolute atomic E-state index is 7.94. The molecular formula is C24H52O11S2Zn. The van der Waals surface area contributed by atoms with E-state index in [0.29, 0.717) is 125 Å². The van der Waals surface area contributed by atoms with Gasteiger partial charge in [-0.05, 0) is 0 Å². The van der Waals surface area contributed by atoms with E-state index in [9.17, 15) is 0 Å². The van der Waals surface area contributed by atoms with Gasteiger partial charge in [-0.1, -0.05) is 6.92 Å². The molecule has 0 aliphatic rings. The van der Waals surface area contributed by atoms with E-state index in [1.54, 1.807) is 14.2 Å². The van der Waals surface area contributed by atoms with Gasteiger partial charge in [0, 0.05) is 20.8 Å². The van der Waals surface area contributed by atoms with Crippen LogP contribution < -0.4 is 0 Å². The largest absolute Gasteiger partial charge is 2.00 e. The van der Waals surface area contributed by atoms with E-state index >= 15 is 0 Å². The number of hydrogen-bond acceptors (Lipinski definition) is 13. The van der Waals surface area contributed by atoms with Gasteiger partial charge in [-0.25, -0.2) is 0 Å². The van der Waals surface area contributed by atoms with Gasteiger partial charge in [-0.15, -0.1) is 0 Å². The maximum Gasteiger partial charge on any atom is 2.00 e. The van der Waals surface area contributed by atoms with E-state index in [1.165, 1.54) is 0 Å². The van der Waals surface area contributed by atoms with E-state index in [1.807, 2.05) is 6.92 Å². The van der Waals surface area contributed by atoms with Crippen LogP contribution in [0.1, 0.15) is 6.92 Å². The minimum absolute atomic E-state index is 0. The number of aliphatic hydroxyl groups excluding tert-OH is 1. The molecule has 0 aromatic heterocycles. The molecule has 11 nitrogen and oxygen atoms in total. The Hall–Kier alpha value is 0.883. The van der Waals surface area contributed by atoms with Crippen molar-refractivity contribution >= 4 is 25.3 Å². The average Bonchev–Trinajstić information content (AvgIpc) is 2.90. The van der Waals surface area contributed by atoms with Crippen LogP contribution in [0.2, 0.25) is 0 Å². The SMILES string of the molecule is CC[S-].COCCO.COCCOCCOCCOCCOCCOCCOCCOCCOCC[S-].[Zn+2]. The molecule has 38 heavy (non-hydrogen) atoms. The van der Waals surface area contributed by atoms with Gasteiger partial charge in [0.25, 0.3) is 0 Å². The number of ether oxygens (including phenoxy) is 10. The van der Waals surface area contributed by atoms with Crippen LogP contribution in [0.4, 0.5) is 0 Å². The Morgan fingerprint density at radius 1 is 0.421 bits per heavy atom. The monoisotopic (exact) mass is 644 g/mol. The molecule has 0 saturated heterocycles. The molecule has 1 N–H and O–H groups in total. The van der Waals surface area contributed by atoms with Crippen molar-refractivity contribution in [3.63, 3.8) is 0 Å². The summed E-state index contributed by atoms with van der Waals surface area (Å²) in [5.41, 5.74) is 0. The third-order valence-corrected chi connectivity index (χ3v) is 3.73. The van der Waals surface area contributed by atoms with Crippen LogP contribution in [0.25, 0.3) is 0 Å². The summed E-state index contributed by atoms with van der Waals surface area (Å²) in [6.45, 7) is 12.0. The number of hydrogen-bond donors (Lipinski definition) is 1. The molecule has 0 fully saturated rings. The molecule has 0 aliphatic heterocycles. The summed E-state index contributed by atoms with van der Waals surface area (Å²) in [6, 6.07) is 0. The fourth-order valence-corrected chi connectivity index (χ4v) is 2.05. The maximum atomic E-state index is 7.94. The molecule has 0 amide bonds. The Bertz CT molecular complexity index is 328. The van der Waals surface area contributed by atoms with Gasteiger partial charge in [0.15, 0.2) is 0 Å². The summed E-state index contributed by atoms with van der Waals surface area (Å²) < 4.78 is 52.1. The van der Waals surface area contributed by atoms with Crippen LogP contribution in [0.5, 0.6) is 0 Å². The summed E-state index contributed by atoms with van der Waals surface area (Å²) in [7, 11) is 3.20.